The molecule has 1 atom stereocenters. The van der Waals surface area contributed by atoms with Crippen LogP contribution in [0.5, 0.6) is 17.2 Å². The molecule has 1 aromatic carbocycles. The van der Waals surface area contributed by atoms with E-state index in [0.29, 0.717) is 0 Å². The summed E-state index contributed by atoms with van der Waals surface area (Å²) in [5.41, 5.74) is -0.286. The Balaban J connectivity index is 2.26. The van der Waals surface area contributed by atoms with Crippen molar-refractivity contribution in [3.05, 3.63) is 32.4 Å². The molecule has 0 saturated heterocycles. The van der Waals surface area contributed by atoms with Crippen molar-refractivity contribution < 1.29 is 29.1 Å². The second-order valence-corrected chi connectivity index (χ2v) is 3.77. The zero-order chi connectivity index (χ0) is 14.7. The highest BCUT2D eigenvalue weighted by Crippen LogP contribution is 2.45. The molecule has 0 fully saturated rings. The summed E-state index contributed by atoms with van der Waals surface area (Å²) in [7, 11) is 1.25. The summed E-state index contributed by atoms with van der Waals surface area (Å²) in [6, 6.07) is 2.61. The Bertz CT molecular complexity index is 546. The van der Waals surface area contributed by atoms with E-state index in [2.05, 4.69) is 4.84 Å². The fraction of sp³-hybridized carbons (Fsp3) is 0.400. The lowest BCUT2D eigenvalue weighted by atomic mass is 10.2. The van der Waals surface area contributed by atoms with Gasteiger partial charge in [-0.1, -0.05) is 0 Å². The van der Waals surface area contributed by atoms with Crippen LogP contribution in [0.25, 0.3) is 0 Å². The maximum absolute atomic E-state index is 10.9. The summed E-state index contributed by atoms with van der Waals surface area (Å²) >= 11 is 0. The summed E-state index contributed by atoms with van der Waals surface area (Å²) in [6.07, 6.45) is -0.760. The average molecular weight is 286 g/mol. The standard InChI is InChI=1S/C10H10N2O8/c1-17-9-7(11(13)14)2-3-8-10(9)20-6(4-18-8)5-19-12(15)16/h2-3,6H,4-5H2,1H3. The van der Waals surface area contributed by atoms with Crippen molar-refractivity contribution in [2.45, 2.75) is 6.10 Å². The summed E-state index contributed by atoms with van der Waals surface area (Å²) in [4.78, 5) is 24.6. The first-order chi connectivity index (χ1) is 9.52. The smallest absolute Gasteiger partial charge is 0.315 e. The number of rotatable bonds is 5. The van der Waals surface area contributed by atoms with Crippen molar-refractivity contribution in [1.82, 2.24) is 0 Å². The third-order valence-electron chi connectivity index (χ3n) is 2.53. The highest BCUT2D eigenvalue weighted by atomic mass is 17.0. The maximum Gasteiger partial charge on any atom is 0.315 e. The second kappa shape index (κ2) is 5.47. The molecule has 10 heteroatoms. The summed E-state index contributed by atoms with van der Waals surface area (Å²) in [5.74, 6) is 0.202. The molecular weight excluding hydrogens is 276 g/mol. The van der Waals surface area contributed by atoms with E-state index in [-0.39, 0.29) is 36.1 Å². The molecule has 0 amide bonds. The van der Waals surface area contributed by atoms with Crippen LogP contribution in [-0.4, -0.2) is 36.4 Å². The van der Waals surface area contributed by atoms with Crippen molar-refractivity contribution in [2.24, 2.45) is 0 Å². The van der Waals surface area contributed by atoms with Gasteiger partial charge in [0.2, 0.25) is 11.5 Å². The summed E-state index contributed by atoms with van der Waals surface area (Å²) in [5, 5.41) is 20.1. The highest BCUT2D eigenvalue weighted by Gasteiger charge is 2.30. The van der Waals surface area contributed by atoms with Crippen LogP contribution in [0.1, 0.15) is 0 Å². The van der Waals surface area contributed by atoms with Gasteiger partial charge in [0.25, 0.3) is 5.09 Å². The van der Waals surface area contributed by atoms with Crippen LogP contribution in [0.15, 0.2) is 12.1 Å². The van der Waals surface area contributed by atoms with Crippen LogP contribution in [0.2, 0.25) is 0 Å². The van der Waals surface area contributed by atoms with E-state index in [1.54, 1.807) is 0 Å². The number of ether oxygens (including phenoxy) is 3. The first-order valence-corrected chi connectivity index (χ1v) is 5.45. The molecule has 0 saturated carbocycles. The number of nitro benzene ring substituents is 1. The Hall–Kier alpha value is -2.78. The zero-order valence-corrected chi connectivity index (χ0v) is 10.3. The first kappa shape index (κ1) is 13.6. The molecule has 0 spiro atoms. The lowest BCUT2D eigenvalue weighted by molar-refractivity contribution is -0.759. The van der Waals surface area contributed by atoms with Gasteiger partial charge < -0.3 is 19.0 Å². The quantitative estimate of drug-likeness (QED) is 0.579. The van der Waals surface area contributed by atoms with Crippen molar-refractivity contribution in [3.8, 4) is 17.2 Å². The summed E-state index contributed by atoms with van der Waals surface area (Å²) < 4.78 is 15.7. The van der Waals surface area contributed by atoms with Crippen molar-refractivity contribution in [2.75, 3.05) is 20.3 Å². The third kappa shape index (κ3) is 2.63. The van der Waals surface area contributed by atoms with Crippen molar-refractivity contribution >= 4 is 5.69 Å². The molecule has 1 aromatic rings. The van der Waals surface area contributed by atoms with Crippen LogP contribution >= 0.6 is 0 Å². The molecule has 0 aromatic heterocycles. The van der Waals surface area contributed by atoms with Crippen LogP contribution in [0.4, 0.5) is 5.69 Å². The van der Waals surface area contributed by atoms with Gasteiger partial charge in [-0.2, -0.15) is 0 Å². The van der Waals surface area contributed by atoms with Crippen LogP contribution in [0.3, 0.4) is 0 Å². The van der Waals surface area contributed by atoms with E-state index in [4.69, 9.17) is 14.2 Å². The number of benzene rings is 1. The topological polar surface area (TPSA) is 123 Å². The molecule has 2 rings (SSSR count). The molecule has 0 N–H and O–H groups in total. The molecule has 1 unspecified atom stereocenters. The molecule has 1 aliphatic heterocycles. The average Bonchev–Trinajstić information content (AvgIpc) is 2.43. The van der Waals surface area contributed by atoms with Gasteiger partial charge in [-0.25, -0.2) is 0 Å². The van der Waals surface area contributed by atoms with E-state index >= 15 is 0 Å². The molecule has 10 nitrogen and oxygen atoms in total. The monoisotopic (exact) mass is 286 g/mol. The molecule has 1 aliphatic rings. The minimum atomic E-state index is -0.955. The Morgan fingerprint density at radius 2 is 2.15 bits per heavy atom. The lowest BCUT2D eigenvalue weighted by Crippen LogP contribution is -2.34. The van der Waals surface area contributed by atoms with Crippen LogP contribution in [-0.2, 0) is 4.84 Å². The fourth-order valence-electron chi connectivity index (χ4n) is 1.71. The maximum atomic E-state index is 10.9. The second-order valence-electron chi connectivity index (χ2n) is 3.77. The number of hydrogen-bond acceptors (Lipinski definition) is 8. The Morgan fingerprint density at radius 3 is 2.75 bits per heavy atom. The molecule has 108 valence electrons. The largest absolute Gasteiger partial charge is 0.487 e. The fourth-order valence-corrected chi connectivity index (χ4v) is 1.71. The van der Waals surface area contributed by atoms with E-state index < -0.39 is 16.1 Å². The van der Waals surface area contributed by atoms with E-state index in [1.165, 1.54) is 19.2 Å². The van der Waals surface area contributed by atoms with Crippen LogP contribution < -0.4 is 14.2 Å². The Morgan fingerprint density at radius 1 is 1.40 bits per heavy atom. The Labute approximate surface area is 112 Å². The zero-order valence-electron chi connectivity index (χ0n) is 10.3. The van der Waals surface area contributed by atoms with E-state index in [9.17, 15) is 20.2 Å². The molecule has 0 radical (unpaired) electrons. The van der Waals surface area contributed by atoms with Gasteiger partial charge in [-0.15, -0.1) is 10.1 Å². The molecular formula is C10H10N2O8. The predicted octanol–water partition coefficient (Wildman–Crippen LogP) is 0.951. The molecule has 0 aliphatic carbocycles. The molecule has 1 heterocycles. The van der Waals surface area contributed by atoms with E-state index in [0.717, 1.165) is 0 Å². The predicted molar refractivity (Wildman–Crippen MR) is 62.5 cm³/mol. The molecule has 20 heavy (non-hydrogen) atoms. The van der Waals surface area contributed by atoms with Gasteiger partial charge in [0.05, 0.1) is 12.0 Å². The highest BCUT2D eigenvalue weighted by molar-refractivity contribution is 5.62. The van der Waals surface area contributed by atoms with Crippen LogP contribution in [0, 0.1) is 20.2 Å². The van der Waals surface area contributed by atoms with Gasteiger partial charge >= 0.3 is 5.69 Å². The lowest BCUT2D eigenvalue weighted by Gasteiger charge is -2.26. The number of methoxy groups -OCH3 is 1. The molecule has 0 bridgehead atoms. The van der Waals surface area contributed by atoms with Gasteiger partial charge in [0, 0.05) is 6.07 Å². The Kier molecular flexibility index (Phi) is 3.73. The van der Waals surface area contributed by atoms with Crippen molar-refractivity contribution in [3.63, 3.8) is 0 Å². The minimum Gasteiger partial charge on any atom is -0.487 e. The SMILES string of the molecule is COc1c([N+](=O)[O-])ccc2c1OC(CO[N+](=O)[O-])CO2. The van der Waals surface area contributed by atoms with E-state index in [1.807, 2.05) is 0 Å². The number of nitrogens with zero attached hydrogens (tertiary/aromatic N) is 2. The number of fused-ring (bicyclic) bond motifs is 1. The van der Waals surface area contributed by atoms with Gasteiger partial charge in [-0.3, -0.25) is 10.1 Å². The normalized spacial score (nSPS) is 16.4. The van der Waals surface area contributed by atoms with Gasteiger partial charge in [0.15, 0.2) is 11.9 Å². The third-order valence-corrected chi connectivity index (χ3v) is 2.53. The number of nitro groups is 1. The number of hydrogen-bond donors (Lipinski definition) is 0. The van der Waals surface area contributed by atoms with Crippen molar-refractivity contribution in [1.29, 1.82) is 0 Å². The summed E-state index contributed by atoms with van der Waals surface area (Å²) in [6.45, 7) is -0.319. The van der Waals surface area contributed by atoms with Gasteiger partial charge in [-0.05, 0) is 6.07 Å². The van der Waals surface area contributed by atoms with Gasteiger partial charge in [0.1, 0.15) is 13.2 Å². The first-order valence-electron chi connectivity index (χ1n) is 5.45. The minimum absolute atomic E-state index is 0.0296.